The minimum absolute atomic E-state index is 0.0305. The molecule has 1 aliphatic rings. The first-order chi connectivity index (χ1) is 41.8. The number of hydrogen-bond acceptors (Lipinski definition) is 2. The Morgan fingerprint density at radius 3 is 1.29 bits per heavy atom. The van der Waals surface area contributed by atoms with Gasteiger partial charge in [-0.2, -0.15) is 0 Å². The Morgan fingerprint density at radius 1 is 0.271 bits per heavy atom. The van der Waals surface area contributed by atoms with Gasteiger partial charge in [-0.1, -0.05) is 290 Å². The van der Waals surface area contributed by atoms with Gasteiger partial charge >= 0.3 is 0 Å². The number of hydrogen-bond donors (Lipinski definition) is 0. The fourth-order valence-electron chi connectivity index (χ4n) is 14.0. The normalized spacial score (nSPS) is 12.5. The number of fused-ring (bicyclic) bond motifs is 9. The van der Waals surface area contributed by atoms with E-state index in [0.29, 0.717) is 5.82 Å². The second-order valence-electron chi connectivity index (χ2n) is 24.4. The molecule has 0 atom stereocenters. The molecule has 0 bridgehead atoms. The maximum atomic E-state index is 5.35. The minimum Gasteiger partial charge on any atom is -0.228 e. The Morgan fingerprint density at radius 2 is 0.682 bits per heavy atom. The smallest absolute Gasteiger partial charge is 0.160 e. The lowest BCUT2D eigenvalue weighted by molar-refractivity contribution is 0.398. The van der Waals surface area contributed by atoms with Crippen molar-refractivity contribution < 1.29 is 0 Å². The summed E-state index contributed by atoms with van der Waals surface area (Å²) in [6.45, 7) is 9.08. The number of nitrogens with zero attached hydrogens (tertiary/aromatic N) is 2. The van der Waals surface area contributed by atoms with Crippen LogP contribution in [-0.4, -0.2) is 9.97 Å². The maximum absolute atomic E-state index is 5.35. The van der Waals surface area contributed by atoms with Gasteiger partial charge in [0.2, 0.25) is 0 Å². The highest BCUT2D eigenvalue weighted by molar-refractivity contribution is 6.25. The van der Waals surface area contributed by atoms with E-state index in [1.165, 1.54) is 189 Å². The van der Waals surface area contributed by atoms with E-state index in [0.717, 1.165) is 33.6 Å². The van der Waals surface area contributed by atoms with Gasteiger partial charge in [-0.25, -0.2) is 9.97 Å². The fraction of sp³-hybridized carbons (Fsp3) is 0.229. The summed E-state index contributed by atoms with van der Waals surface area (Å²) in [7, 11) is 0. The largest absolute Gasteiger partial charge is 0.228 e. The fourth-order valence-corrected chi connectivity index (χ4v) is 14.0. The maximum Gasteiger partial charge on any atom is 0.160 e. The van der Waals surface area contributed by atoms with Gasteiger partial charge in [-0.3, -0.25) is 0 Å². The molecule has 0 unspecified atom stereocenters. The summed E-state index contributed by atoms with van der Waals surface area (Å²) in [4.78, 5) is 10.6. The van der Waals surface area contributed by atoms with E-state index in [2.05, 4.69) is 258 Å². The molecular formula is C83H78N2. The van der Waals surface area contributed by atoms with Crippen molar-refractivity contribution >= 4 is 32.3 Å². The Hall–Kier alpha value is -8.72. The van der Waals surface area contributed by atoms with Crippen LogP contribution in [0.15, 0.2) is 231 Å². The molecule has 0 spiro atoms. The highest BCUT2D eigenvalue weighted by atomic mass is 14.9. The summed E-state index contributed by atoms with van der Waals surface area (Å²) in [5.74, 6) is 0.708. The van der Waals surface area contributed by atoms with E-state index in [1.54, 1.807) is 5.56 Å². The van der Waals surface area contributed by atoms with Crippen LogP contribution in [-0.2, 0) is 5.41 Å². The van der Waals surface area contributed by atoms with Crippen LogP contribution in [0, 0.1) is 13.8 Å². The second kappa shape index (κ2) is 24.9. The van der Waals surface area contributed by atoms with Gasteiger partial charge < -0.3 is 0 Å². The van der Waals surface area contributed by atoms with Crippen LogP contribution in [0.3, 0.4) is 0 Å². The predicted octanol–water partition coefficient (Wildman–Crippen LogP) is 24.0. The molecule has 85 heavy (non-hydrogen) atoms. The zero-order valence-corrected chi connectivity index (χ0v) is 50.2. The van der Waals surface area contributed by atoms with E-state index in [9.17, 15) is 0 Å². The third kappa shape index (κ3) is 11.4. The van der Waals surface area contributed by atoms with Crippen molar-refractivity contribution in [2.75, 3.05) is 0 Å². The summed E-state index contributed by atoms with van der Waals surface area (Å²) >= 11 is 0. The Balaban J connectivity index is 0.956. The van der Waals surface area contributed by atoms with Crippen molar-refractivity contribution in [1.29, 1.82) is 0 Å². The van der Waals surface area contributed by atoms with Gasteiger partial charge in [-0.15, -0.1) is 0 Å². The molecule has 13 rings (SSSR count). The van der Waals surface area contributed by atoms with E-state index >= 15 is 0 Å². The van der Waals surface area contributed by atoms with Crippen molar-refractivity contribution in [2.24, 2.45) is 0 Å². The van der Waals surface area contributed by atoms with Gasteiger partial charge in [0.05, 0.1) is 11.4 Å². The SMILES string of the molecule is CCCCCCCCC1(CCCCCCCC)c2cc(C)ccc2-c2ccc(-c3cc(-c4cccc(-c5cc(-c6ccc(-c7ccc(C)cc7)cc6)nc(-c6ccccc6)n5)c4)cc(-c4ccc5c6ccccc6c6ccccc6c5c4)c3)cc21. The number of benzene rings is 11. The van der Waals surface area contributed by atoms with E-state index in [4.69, 9.17) is 9.97 Å². The molecule has 2 nitrogen and oxygen atoms in total. The summed E-state index contributed by atoms with van der Waals surface area (Å²) < 4.78 is 0. The average Bonchev–Trinajstić information content (AvgIpc) is 2.01. The lowest BCUT2D eigenvalue weighted by Crippen LogP contribution is -2.25. The molecule has 1 aromatic heterocycles. The lowest BCUT2D eigenvalue weighted by atomic mass is 9.70. The highest BCUT2D eigenvalue weighted by Gasteiger charge is 2.42. The zero-order chi connectivity index (χ0) is 57.7. The second-order valence-corrected chi connectivity index (χ2v) is 24.4. The van der Waals surface area contributed by atoms with Crippen LogP contribution in [0.5, 0.6) is 0 Å². The van der Waals surface area contributed by atoms with E-state index in [1.807, 2.05) is 0 Å². The molecule has 0 N–H and O–H groups in total. The summed E-state index contributed by atoms with van der Waals surface area (Å²) in [5.41, 5.74) is 23.0. The van der Waals surface area contributed by atoms with Crippen molar-refractivity contribution in [3.63, 3.8) is 0 Å². The molecule has 1 aliphatic carbocycles. The Labute approximate surface area is 504 Å². The van der Waals surface area contributed by atoms with Gasteiger partial charge in [0.1, 0.15) is 0 Å². The quantitative estimate of drug-likeness (QED) is 0.0529. The van der Waals surface area contributed by atoms with Crippen LogP contribution in [0.4, 0.5) is 0 Å². The molecule has 0 aliphatic heterocycles. The van der Waals surface area contributed by atoms with E-state index in [-0.39, 0.29) is 5.41 Å². The first-order valence-corrected chi connectivity index (χ1v) is 31.8. The van der Waals surface area contributed by atoms with Crippen molar-refractivity contribution in [1.82, 2.24) is 9.97 Å². The van der Waals surface area contributed by atoms with Gasteiger partial charge in [-0.05, 0) is 168 Å². The molecule has 2 heteroatoms. The first-order valence-electron chi connectivity index (χ1n) is 31.8. The summed E-state index contributed by atoms with van der Waals surface area (Å²) in [5, 5.41) is 7.71. The highest BCUT2D eigenvalue weighted by Crippen LogP contribution is 2.56. The standard InChI is InChI=1S/C83H78N2/c1-5-7-9-11-13-22-47-83(48-23-14-12-10-8-6-2)78-49-58(4)35-44-75(78)76-46-43-65(55-79(76)83)69-52-67(51-68(53-69)64-42-45-74-72-31-19-18-29-70(72)71-30-20-21-32-73(71)77(74)54-64)63-27-24-28-66(50-63)81-56-80(84-82(85-81)62-25-16-15-17-26-62)61-40-38-60(39-41-61)59-36-33-57(3)34-37-59/h15-21,24-46,49-56H,5-14,22-23,47-48H2,1-4H3. The Kier molecular flexibility index (Phi) is 16.2. The topological polar surface area (TPSA) is 25.8 Å². The Bertz CT molecular complexity index is 4290. The minimum atomic E-state index is -0.0305. The number of aryl methyl sites for hydroxylation is 2. The monoisotopic (exact) mass is 1100 g/mol. The molecule has 11 aromatic carbocycles. The van der Waals surface area contributed by atoms with Crippen LogP contribution in [0.25, 0.3) is 122 Å². The van der Waals surface area contributed by atoms with Crippen molar-refractivity contribution in [2.45, 2.75) is 123 Å². The number of rotatable bonds is 21. The third-order valence-electron chi connectivity index (χ3n) is 18.6. The molecule has 420 valence electrons. The first kappa shape index (κ1) is 55.5. The van der Waals surface area contributed by atoms with Crippen molar-refractivity contribution in [3.05, 3.63) is 253 Å². The van der Waals surface area contributed by atoms with Gasteiger partial charge in [0.15, 0.2) is 5.82 Å². The van der Waals surface area contributed by atoms with Crippen LogP contribution in [0.2, 0.25) is 0 Å². The van der Waals surface area contributed by atoms with Crippen LogP contribution in [0.1, 0.15) is 126 Å². The molecular weight excluding hydrogens is 1020 g/mol. The van der Waals surface area contributed by atoms with E-state index < -0.39 is 0 Å². The van der Waals surface area contributed by atoms with Crippen LogP contribution >= 0.6 is 0 Å². The summed E-state index contributed by atoms with van der Waals surface area (Å²) in [6, 6.07) is 86.5. The number of aromatic nitrogens is 2. The molecule has 12 aromatic rings. The lowest BCUT2D eigenvalue weighted by Gasteiger charge is -2.33. The average molecular weight is 1100 g/mol. The third-order valence-corrected chi connectivity index (χ3v) is 18.6. The van der Waals surface area contributed by atoms with Crippen molar-refractivity contribution in [3.8, 4) is 89.5 Å². The molecule has 0 saturated heterocycles. The molecule has 0 fully saturated rings. The molecule has 0 radical (unpaired) electrons. The zero-order valence-electron chi connectivity index (χ0n) is 50.2. The number of unbranched alkanes of at least 4 members (excludes halogenated alkanes) is 10. The molecule has 1 heterocycles. The van der Waals surface area contributed by atoms with Gasteiger partial charge in [0.25, 0.3) is 0 Å². The molecule has 0 amide bonds. The summed E-state index contributed by atoms with van der Waals surface area (Å²) in [6.07, 6.45) is 18.0. The van der Waals surface area contributed by atoms with Gasteiger partial charge in [0, 0.05) is 22.1 Å². The molecule has 0 saturated carbocycles. The van der Waals surface area contributed by atoms with Crippen LogP contribution < -0.4 is 0 Å². The predicted molar refractivity (Wildman–Crippen MR) is 364 cm³/mol.